The summed E-state index contributed by atoms with van der Waals surface area (Å²) in [6, 6.07) is 11.8. The van der Waals surface area contributed by atoms with Gasteiger partial charge in [0.2, 0.25) is 0 Å². The number of hydrogen-bond donors (Lipinski definition) is 1. The second-order valence-electron chi connectivity index (χ2n) is 4.01. The summed E-state index contributed by atoms with van der Waals surface area (Å²) < 4.78 is 5.69. The molecule has 2 rings (SSSR count). The maximum absolute atomic E-state index is 5.82. The van der Waals surface area contributed by atoms with Crippen LogP contribution in [0.5, 0.6) is 5.75 Å². The van der Waals surface area contributed by atoms with E-state index in [2.05, 4.69) is 4.98 Å². The van der Waals surface area contributed by atoms with Gasteiger partial charge in [0.25, 0.3) is 0 Å². The first kappa shape index (κ1) is 17.7. The smallest absolute Gasteiger partial charge is 0.120 e. The van der Waals surface area contributed by atoms with Crippen LogP contribution in [0, 0.1) is 0 Å². The number of nitrogens with two attached hydrogens (primary N) is 1. The van der Waals surface area contributed by atoms with Crippen LogP contribution in [-0.2, 0) is 6.61 Å². The maximum Gasteiger partial charge on any atom is 0.120 e. The third-order valence-electron chi connectivity index (χ3n) is 2.51. The normalized spacial score (nSPS) is 10.8. The van der Waals surface area contributed by atoms with Crippen LogP contribution in [0.3, 0.4) is 0 Å². The molecule has 1 unspecified atom stereocenters. The monoisotopic (exact) mass is 300 g/mol. The molecule has 0 amide bonds. The van der Waals surface area contributed by atoms with E-state index in [1.165, 1.54) is 0 Å². The fourth-order valence-electron chi connectivity index (χ4n) is 1.54. The molecular weight excluding hydrogens is 283 g/mol. The van der Waals surface area contributed by atoms with Crippen molar-refractivity contribution >= 4 is 24.8 Å². The van der Waals surface area contributed by atoms with Crippen molar-refractivity contribution in [3.8, 4) is 5.75 Å². The molecule has 1 aromatic carbocycles. The van der Waals surface area contributed by atoms with E-state index in [1.54, 1.807) is 12.4 Å². The van der Waals surface area contributed by atoms with Crippen molar-refractivity contribution in [2.45, 2.75) is 19.6 Å². The maximum atomic E-state index is 5.82. The number of hydrogen-bond acceptors (Lipinski definition) is 3. The molecule has 2 N–H and O–H groups in total. The number of pyridine rings is 1. The molecule has 3 nitrogen and oxygen atoms in total. The first-order chi connectivity index (χ1) is 8.25. The molecule has 1 heterocycles. The molecule has 0 aliphatic carbocycles. The van der Waals surface area contributed by atoms with Gasteiger partial charge in [-0.1, -0.05) is 18.2 Å². The van der Waals surface area contributed by atoms with Crippen LogP contribution in [0.25, 0.3) is 0 Å². The highest BCUT2D eigenvalue weighted by molar-refractivity contribution is 5.85. The van der Waals surface area contributed by atoms with Crippen molar-refractivity contribution in [3.05, 3.63) is 59.9 Å². The van der Waals surface area contributed by atoms with Gasteiger partial charge in [-0.3, -0.25) is 4.98 Å². The van der Waals surface area contributed by atoms with Gasteiger partial charge in [0, 0.05) is 24.0 Å². The van der Waals surface area contributed by atoms with E-state index in [0.29, 0.717) is 6.61 Å². The molecule has 0 aliphatic heterocycles. The molecule has 1 aromatic heterocycles. The molecule has 0 aliphatic rings. The van der Waals surface area contributed by atoms with Crippen molar-refractivity contribution in [1.29, 1.82) is 0 Å². The summed E-state index contributed by atoms with van der Waals surface area (Å²) in [5.41, 5.74) is 7.96. The molecule has 0 fully saturated rings. The Kier molecular flexibility index (Phi) is 8.16. The van der Waals surface area contributed by atoms with Gasteiger partial charge in [-0.05, 0) is 30.7 Å². The Balaban J connectivity index is 0.00000162. The number of rotatable bonds is 4. The van der Waals surface area contributed by atoms with E-state index < -0.39 is 0 Å². The predicted octanol–water partition coefficient (Wildman–Crippen LogP) is 3.52. The molecule has 5 heteroatoms. The summed E-state index contributed by atoms with van der Waals surface area (Å²) in [5.74, 6) is 0.837. The van der Waals surface area contributed by atoms with Crippen LogP contribution in [-0.4, -0.2) is 4.98 Å². The number of aromatic nitrogens is 1. The van der Waals surface area contributed by atoms with E-state index in [-0.39, 0.29) is 30.9 Å². The SMILES string of the molecule is CC(N)c1cccc(OCc2cccnc2)c1.Cl.Cl. The van der Waals surface area contributed by atoms with Crippen molar-refractivity contribution in [2.75, 3.05) is 0 Å². The fraction of sp³-hybridized carbons (Fsp3) is 0.214. The van der Waals surface area contributed by atoms with Crippen molar-refractivity contribution in [1.82, 2.24) is 4.98 Å². The quantitative estimate of drug-likeness (QED) is 0.940. The highest BCUT2D eigenvalue weighted by Crippen LogP contribution is 2.18. The van der Waals surface area contributed by atoms with E-state index in [4.69, 9.17) is 10.5 Å². The topological polar surface area (TPSA) is 48.1 Å². The molecule has 1 atom stereocenters. The molecule has 19 heavy (non-hydrogen) atoms. The minimum Gasteiger partial charge on any atom is -0.489 e. The van der Waals surface area contributed by atoms with Gasteiger partial charge in [-0.15, -0.1) is 24.8 Å². The molecule has 0 bridgehead atoms. The number of benzene rings is 1. The minimum absolute atomic E-state index is 0. The Hall–Kier alpha value is -1.29. The van der Waals surface area contributed by atoms with E-state index in [9.17, 15) is 0 Å². The van der Waals surface area contributed by atoms with Gasteiger partial charge in [-0.25, -0.2) is 0 Å². The van der Waals surface area contributed by atoms with Gasteiger partial charge >= 0.3 is 0 Å². The van der Waals surface area contributed by atoms with E-state index in [0.717, 1.165) is 16.9 Å². The van der Waals surface area contributed by atoms with Gasteiger partial charge in [-0.2, -0.15) is 0 Å². The van der Waals surface area contributed by atoms with Gasteiger partial charge in [0.05, 0.1) is 0 Å². The molecule has 104 valence electrons. The molecule has 0 radical (unpaired) electrons. The van der Waals surface area contributed by atoms with Crippen LogP contribution < -0.4 is 10.5 Å². The van der Waals surface area contributed by atoms with Crippen LogP contribution >= 0.6 is 24.8 Å². The van der Waals surface area contributed by atoms with Crippen molar-refractivity contribution in [2.24, 2.45) is 5.73 Å². The average Bonchev–Trinajstić information content (AvgIpc) is 2.38. The molecular formula is C14H18Cl2N2O. The summed E-state index contributed by atoms with van der Waals surface area (Å²) in [4.78, 5) is 4.04. The van der Waals surface area contributed by atoms with Crippen LogP contribution in [0.1, 0.15) is 24.1 Å². The second kappa shape index (κ2) is 8.75. The van der Waals surface area contributed by atoms with E-state index >= 15 is 0 Å². The zero-order chi connectivity index (χ0) is 12.1. The van der Waals surface area contributed by atoms with Crippen molar-refractivity contribution in [3.63, 3.8) is 0 Å². The summed E-state index contributed by atoms with van der Waals surface area (Å²) in [6.45, 7) is 2.48. The predicted molar refractivity (Wildman–Crippen MR) is 82.1 cm³/mol. The van der Waals surface area contributed by atoms with Gasteiger partial charge in [0.15, 0.2) is 0 Å². The lowest BCUT2D eigenvalue weighted by atomic mass is 10.1. The molecule has 0 spiro atoms. The molecule has 2 aromatic rings. The highest BCUT2D eigenvalue weighted by Gasteiger charge is 2.01. The molecule has 0 saturated heterocycles. The lowest BCUT2D eigenvalue weighted by molar-refractivity contribution is 0.305. The van der Waals surface area contributed by atoms with E-state index in [1.807, 2.05) is 43.3 Å². The number of nitrogens with zero attached hydrogens (tertiary/aromatic N) is 1. The highest BCUT2D eigenvalue weighted by atomic mass is 35.5. The Morgan fingerprint density at radius 3 is 2.63 bits per heavy atom. The van der Waals surface area contributed by atoms with Gasteiger partial charge in [0.1, 0.15) is 12.4 Å². The summed E-state index contributed by atoms with van der Waals surface area (Å²) >= 11 is 0. The zero-order valence-electron chi connectivity index (χ0n) is 10.7. The van der Waals surface area contributed by atoms with Crippen LogP contribution in [0.4, 0.5) is 0 Å². The Labute approximate surface area is 126 Å². The lowest BCUT2D eigenvalue weighted by Crippen LogP contribution is -2.05. The van der Waals surface area contributed by atoms with Gasteiger partial charge < -0.3 is 10.5 Å². The zero-order valence-corrected chi connectivity index (χ0v) is 12.3. The standard InChI is InChI=1S/C14H16N2O.2ClH/c1-11(15)13-5-2-6-14(8-13)17-10-12-4-3-7-16-9-12;;/h2-9,11H,10,15H2,1H3;2*1H. The Bertz CT molecular complexity index is 478. The summed E-state index contributed by atoms with van der Waals surface area (Å²) in [6.07, 6.45) is 3.55. The first-order valence-electron chi connectivity index (χ1n) is 5.63. The third-order valence-corrected chi connectivity index (χ3v) is 2.51. The number of halogens is 2. The largest absolute Gasteiger partial charge is 0.489 e. The minimum atomic E-state index is 0. The number of ether oxygens (including phenoxy) is 1. The van der Waals surface area contributed by atoms with Crippen molar-refractivity contribution < 1.29 is 4.74 Å². The average molecular weight is 301 g/mol. The molecule has 0 saturated carbocycles. The Morgan fingerprint density at radius 1 is 1.21 bits per heavy atom. The van der Waals surface area contributed by atoms with Crippen LogP contribution in [0.2, 0.25) is 0 Å². The lowest BCUT2D eigenvalue weighted by Gasteiger charge is -2.09. The summed E-state index contributed by atoms with van der Waals surface area (Å²) in [7, 11) is 0. The first-order valence-corrected chi connectivity index (χ1v) is 5.63. The van der Waals surface area contributed by atoms with Crippen LogP contribution in [0.15, 0.2) is 48.8 Å². The third kappa shape index (κ3) is 5.47. The summed E-state index contributed by atoms with van der Waals surface area (Å²) in [5, 5.41) is 0. The second-order valence-corrected chi connectivity index (χ2v) is 4.01. The fourth-order valence-corrected chi connectivity index (χ4v) is 1.54. The Morgan fingerprint density at radius 2 is 2.00 bits per heavy atom.